The summed E-state index contributed by atoms with van der Waals surface area (Å²) < 4.78 is 31.6. The molecule has 0 spiro atoms. The van der Waals surface area contributed by atoms with E-state index in [9.17, 15) is 13.6 Å². The summed E-state index contributed by atoms with van der Waals surface area (Å²) in [5, 5.41) is 2.99. The maximum atomic E-state index is 14.9. The number of halogens is 2. The fourth-order valence-corrected chi connectivity index (χ4v) is 4.64. The van der Waals surface area contributed by atoms with Crippen LogP contribution in [0.25, 0.3) is 22.2 Å². The van der Waals surface area contributed by atoms with Gasteiger partial charge in [-0.15, -0.1) is 0 Å². The van der Waals surface area contributed by atoms with Crippen LogP contribution in [0.2, 0.25) is 0 Å². The number of carbonyl (C=O) groups is 1. The van der Waals surface area contributed by atoms with Gasteiger partial charge in [-0.1, -0.05) is 0 Å². The second-order valence-electron chi connectivity index (χ2n) is 9.35. The van der Waals surface area contributed by atoms with E-state index < -0.39 is 11.6 Å². The first-order valence-corrected chi connectivity index (χ1v) is 11.9. The first-order chi connectivity index (χ1) is 17.3. The average Bonchev–Trinajstić information content (AvgIpc) is 3.19. The van der Waals surface area contributed by atoms with Crippen molar-refractivity contribution in [3.63, 3.8) is 0 Å². The smallest absolute Gasteiger partial charge is 0.228 e. The molecule has 4 aromatic rings. The lowest BCUT2D eigenvalue weighted by molar-refractivity contribution is -0.121. The highest BCUT2D eigenvalue weighted by atomic mass is 19.1. The molecular weight excluding hydrogens is 464 g/mol. The van der Waals surface area contributed by atoms with Crippen molar-refractivity contribution in [3.8, 4) is 11.1 Å². The van der Waals surface area contributed by atoms with Gasteiger partial charge >= 0.3 is 0 Å². The van der Waals surface area contributed by atoms with Crippen molar-refractivity contribution < 1.29 is 13.6 Å². The number of carbonyl (C=O) groups excluding carboxylic acids is 1. The van der Waals surface area contributed by atoms with Crippen molar-refractivity contribution in [1.82, 2.24) is 29.4 Å². The number of Topliss-reactive ketones (excluding diaryl/α,β-unsaturated/α-hetero) is 1. The Kier molecular flexibility index (Phi) is 6.44. The van der Waals surface area contributed by atoms with Gasteiger partial charge < -0.3 is 9.88 Å². The maximum Gasteiger partial charge on any atom is 0.228 e. The maximum absolute atomic E-state index is 14.9. The van der Waals surface area contributed by atoms with Crippen molar-refractivity contribution in [3.05, 3.63) is 59.8 Å². The van der Waals surface area contributed by atoms with Gasteiger partial charge in [0, 0.05) is 62.0 Å². The fourth-order valence-electron chi connectivity index (χ4n) is 4.64. The molecule has 3 aromatic heterocycles. The number of nitrogens with one attached hydrogen (secondary N) is 1. The van der Waals surface area contributed by atoms with Crippen LogP contribution in [0, 0.1) is 18.6 Å². The predicted octanol–water partition coefficient (Wildman–Crippen LogP) is 4.96. The van der Waals surface area contributed by atoms with Crippen molar-refractivity contribution in [1.29, 1.82) is 0 Å². The number of hydrogen-bond donors (Lipinski definition) is 1. The Morgan fingerprint density at radius 3 is 2.42 bits per heavy atom. The predicted molar refractivity (Wildman–Crippen MR) is 133 cm³/mol. The van der Waals surface area contributed by atoms with E-state index in [1.807, 2.05) is 25.3 Å². The molecule has 8 nitrogen and oxygen atoms in total. The number of benzene rings is 1. The molecule has 186 valence electrons. The molecule has 0 atom stereocenters. The Balaban J connectivity index is 1.38. The molecule has 0 saturated carbocycles. The first kappa shape index (κ1) is 23.9. The molecule has 4 heterocycles. The molecule has 1 aliphatic heterocycles. The lowest BCUT2D eigenvalue weighted by Gasteiger charge is -2.25. The number of aromatic nitrogens is 5. The summed E-state index contributed by atoms with van der Waals surface area (Å²) in [7, 11) is 0. The van der Waals surface area contributed by atoms with E-state index in [-0.39, 0.29) is 17.1 Å². The molecule has 0 unspecified atom stereocenters. The van der Waals surface area contributed by atoms with Gasteiger partial charge in [-0.05, 0) is 44.5 Å². The van der Waals surface area contributed by atoms with Gasteiger partial charge in [0.15, 0.2) is 5.82 Å². The van der Waals surface area contributed by atoms with Crippen LogP contribution >= 0.6 is 0 Å². The van der Waals surface area contributed by atoms with E-state index >= 15 is 0 Å². The summed E-state index contributed by atoms with van der Waals surface area (Å²) in [6, 6.07) is 4.63. The van der Waals surface area contributed by atoms with Crippen LogP contribution < -0.4 is 5.32 Å². The molecule has 1 aromatic carbocycles. The zero-order valence-electron chi connectivity index (χ0n) is 20.4. The summed E-state index contributed by atoms with van der Waals surface area (Å²) in [4.78, 5) is 30.8. The van der Waals surface area contributed by atoms with Gasteiger partial charge in [-0.3, -0.25) is 9.69 Å². The number of piperidine rings is 1. The van der Waals surface area contributed by atoms with Crippen molar-refractivity contribution >= 4 is 28.6 Å². The molecule has 0 aliphatic carbocycles. The third-order valence-corrected chi connectivity index (χ3v) is 6.37. The molecule has 1 N–H and O–H groups in total. The normalized spacial score (nSPS) is 14.7. The van der Waals surface area contributed by atoms with E-state index in [1.165, 1.54) is 12.1 Å². The Morgan fingerprint density at radius 1 is 1.00 bits per heavy atom. The highest BCUT2D eigenvalue weighted by Crippen LogP contribution is 2.32. The molecule has 5 rings (SSSR count). The molecule has 0 bridgehead atoms. The molecule has 10 heteroatoms. The van der Waals surface area contributed by atoms with Gasteiger partial charge in [0.2, 0.25) is 5.95 Å². The largest absolute Gasteiger partial charge is 0.326 e. The Labute approximate surface area is 207 Å². The lowest BCUT2D eigenvalue weighted by atomic mass is 10.0. The Hall–Kier alpha value is -3.79. The van der Waals surface area contributed by atoms with Crippen molar-refractivity contribution in [2.45, 2.75) is 46.2 Å². The van der Waals surface area contributed by atoms with Crippen molar-refractivity contribution in [2.24, 2.45) is 0 Å². The molecular formula is C26H27F2N7O. The topological polar surface area (TPSA) is 88.8 Å². The van der Waals surface area contributed by atoms with Gasteiger partial charge in [-0.2, -0.15) is 0 Å². The fraction of sp³-hybridized carbons (Fsp3) is 0.346. The van der Waals surface area contributed by atoms with E-state index in [1.54, 1.807) is 18.5 Å². The highest BCUT2D eigenvalue weighted by molar-refractivity contribution is 5.84. The van der Waals surface area contributed by atoms with Crippen LogP contribution in [0.4, 0.5) is 20.5 Å². The average molecular weight is 492 g/mol. The first-order valence-electron chi connectivity index (χ1n) is 11.9. The minimum atomic E-state index is -0.567. The minimum absolute atomic E-state index is 0.0710. The van der Waals surface area contributed by atoms with E-state index in [2.05, 4.69) is 30.2 Å². The number of hydrogen-bond acceptors (Lipinski definition) is 7. The molecule has 1 fully saturated rings. The van der Waals surface area contributed by atoms with E-state index in [4.69, 9.17) is 0 Å². The highest BCUT2D eigenvalue weighted by Gasteiger charge is 2.18. The second kappa shape index (κ2) is 9.69. The number of likely N-dealkylation sites (tertiary alicyclic amines) is 1. The Morgan fingerprint density at radius 2 is 1.72 bits per heavy atom. The number of imidazole rings is 1. The Bertz CT molecular complexity index is 1420. The third-order valence-electron chi connectivity index (χ3n) is 6.37. The van der Waals surface area contributed by atoms with Crippen LogP contribution in [0.3, 0.4) is 0 Å². The van der Waals surface area contributed by atoms with Gasteiger partial charge in [-0.25, -0.2) is 28.7 Å². The number of fused-ring (bicyclic) bond motifs is 1. The number of rotatable bonds is 6. The minimum Gasteiger partial charge on any atom is -0.326 e. The third kappa shape index (κ3) is 4.81. The molecule has 0 amide bonds. The molecule has 1 aliphatic rings. The van der Waals surface area contributed by atoms with Gasteiger partial charge in [0.1, 0.15) is 28.8 Å². The van der Waals surface area contributed by atoms with Gasteiger partial charge in [0.25, 0.3) is 0 Å². The zero-order valence-corrected chi connectivity index (χ0v) is 20.4. The quantitative estimate of drug-likeness (QED) is 0.408. The second-order valence-corrected chi connectivity index (χ2v) is 9.35. The number of pyridine rings is 1. The van der Waals surface area contributed by atoms with Crippen LogP contribution in [-0.4, -0.2) is 48.3 Å². The molecule has 0 radical (unpaired) electrons. The van der Waals surface area contributed by atoms with Crippen LogP contribution in [0.15, 0.2) is 36.8 Å². The SMILES string of the molecule is Cc1nc2c(F)cc(-c3cc(Nc4ncc(CN5CCC(=O)CC5)cn4)ncc3F)cc2n1C(C)C. The van der Waals surface area contributed by atoms with E-state index in [0.29, 0.717) is 53.8 Å². The monoisotopic (exact) mass is 491 g/mol. The zero-order chi connectivity index (χ0) is 25.4. The number of anilines is 2. The number of ketones is 1. The summed E-state index contributed by atoms with van der Waals surface area (Å²) in [5.74, 6) is 0.575. The lowest BCUT2D eigenvalue weighted by Crippen LogP contribution is -2.33. The standard InChI is InChI=1S/C26H27F2N7O/c1-15(2)35-16(3)32-25-21(27)8-18(9-23(25)35)20-10-24(29-13-22(20)28)33-26-30-11-17(12-31-26)14-34-6-4-19(36)5-7-34/h8-13,15H,4-7,14H2,1-3H3,(H,29,30,31,33). The number of nitrogens with zero attached hydrogens (tertiary/aromatic N) is 6. The summed E-state index contributed by atoms with van der Waals surface area (Å²) in [5.41, 5.74) is 2.41. The van der Waals surface area contributed by atoms with Gasteiger partial charge in [0.05, 0.1) is 11.7 Å². The van der Waals surface area contributed by atoms with Crippen LogP contribution in [0.1, 0.15) is 44.1 Å². The van der Waals surface area contributed by atoms with Crippen LogP contribution in [-0.2, 0) is 11.3 Å². The molecule has 1 saturated heterocycles. The number of aryl methyl sites for hydroxylation is 1. The van der Waals surface area contributed by atoms with Crippen molar-refractivity contribution in [2.75, 3.05) is 18.4 Å². The van der Waals surface area contributed by atoms with E-state index in [0.717, 1.165) is 24.8 Å². The molecule has 36 heavy (non-hydrogen) atoms. The summed E-state index contributed by atoms with van der Waals surface area (Å²) >= 11 is 0. The summed E-state index contributed by atoms with van der Waals surface area (Å²) in [6.07, 6.45) is 5.69. The van der Waals surface area contributed by atoms with Crippen LogP contribution in [0.5, 0.6) is 0 Å². The summed E-state index contributed by atoms with van der Waals surface area (Å²) in [6.45, 7) is 7.97.